The van der Waals surface area contributed by atoms with Gasteiger partial charge in [0.05, 0.1) is 23.7 Å². The van der Waals surface area contributed by atoms with Crippen molar-refractivity contribution in [2.24, 2.45) is 0 Å². The zero-order valence-corrected chi connectivity index (χ0v) is 21.9. The molecule has 1 aliphatic heterocycles. The first-order chi connectivity index (χ1) is 18.7. The van der Waals surface area contributed by atoms with E-state index >= 15 is 0 Å². The number of piperidine rings is 1. The van der Waals surface area contributed by atoms with Crippen molar-refractivity contribution in [3.05, 3.63) is 77.8 Å². The molecule has 1 aromatic carbocycles. The van der Waals surface area contributed by atoms with Crippen LogP contribution in [0.1, 0.15) is 60.0 Å². The molecule has 12 heteroatoms. The first kappa shape index (κ1) is 25.8. The van der Waals surface area contributed by atoms with Gasteiger partial charge in [-0.3, -0.25) is 0 Å². The van der Waals surface area contributed by atoms with Crippen molar-refractivity contribution in [3.8, 4) is 16.9 Å². The number of alkyl halides is 2. The lowest BCUT2D eigenvalue weighted by Gasteiger charge is -2.29. The molecule has 204 valence electrons. The average Bonchev–Trinajstić information content (AvgIpc) is 3.45. The first-order valence-electron chi connectivity index (χ1n) is 12.7. The number of halogens is 2. The van der Waals surface area contributed by atoms with Crippen molar-refractivity contribution < 1.29 is 27.0 Å². The molecule has 3 aromatic heterocycles. The van der Waals surface area contributed by atoms with Crippen molar-refractivity contribution in [1.82, 2.24) is 23.7 Å². The minimum Gasteiger partial charge on any atom is -0.435 e. The van der Waals surface area contributed by atoms with Gasteiger partial charge in [0.25, 0.3) is 0 Å². The monoisotopic (exact) mass is 555 g/mol. The van der Waals surface area contributed by atoms with Crippen molar-refractivity contribution in [2.75, 3.05) is 19.3 Å². The fourth-order valence-corrected chi connectivity index (χ4v) is 6.55. The number of ether oxygens (including phenoxy) is 1. The number of imidazole rings is 1. The molecule has 1 aliphatic carbocycles. The smallest absolute Gasteiger partial charge is 0.387 e. The molecule has 0 spiro atoms. The van der Waals surface area contributed by atoms with Crippen LogP contribution in [0.15, 0.2) is 55.0 Å². The van der Waals surface area contributed by atoms with E-state index in [1.165, 1.54) is 16.6 Å². The van der Waals surface area contributed by atoms with Crippen LogP contribution in [0.3, 0.4) is 0 Å². The van der Waals surface area contributed by atoms with Crippen molar-refractivity contribution in [2.45, 2.75) is 43.8 Å². The highest BCUT2D eigenvalue weighted by atomic mass is 32.2. The normalized spacial score (nSPS) is 20.5. The van der Waals surface area contributed by atoms with Crippen LogP contribution in [0.25, 0.3) is 16.8 Å². The third-order valence-electron chi connectivity index (χ3n) is 7.59. The Bertz CT molecular complexity index is 1620. The van der Waals surface area contributed by atoms with E-state index in [0.717, 1.165) is 16.8 Å². The van der Waals surface area contributed by atoms with Gasteiger partial charge in [-0.15, -0.1) is 0 Å². The molecule has 0 amide bonds. The summed E-state index contributed by atoms with van der Waals surface area (Å²) in [6.45, 7) is -2.05. The maximum absolute atomic E-state index is 13.1. The molecule has 4 aromatic rings. The summed E-state index contributed by atoms with van der Waals surface area (Å²) in [6, 6.07) is 10.4. The number of nitrogens with zero attached hydrogens (tertiary/aromatic N) is 5. The molecule has 2 atom stereocenters. The SMILES string of the molecule is CS(=O)(=O)N1CCC(c2ncc(-c3ccc4nc5c(n4c3)[C@@H](c3ccccc3OC(F)F)C[C@H]5O)cn2)CC1. The maximum atomic E-state index is 13.1. The molecule has 6 rings (SSSR count). The summed E-state index contributed by atoms with van der Waals surface area (Å²) in [6.07, 6.45) is 7.44. The number of pyridine rings is 1. The highest BCUT2D eigenvalue weighted by Crippen LogP contribution is 2.47. The molecule has 0 unspecified atom stereocenters. The fraction of sp³-hybridized carbons (Fsp3) is 0.370. The molecule has 1 fully saturated rings. The lowest BCUT2D eigenvalue weighted by molar-refractivity contribution is -0.0506. The van der Waals surface area contributed by atoms with Gasteiger partial charge in [-0.2, -0.15) is 8.78 Å². The minimum atomic E-state index is -3.20. The van der Waals surface area contributed by atoms with Gasteiger partial charge < -0.3 is 14.2 Å². The van der Waals surface area contributed by atoms with Crippen LogP contribution in [-0.2, 0) is 10.0 Å². The van der Waals surface area contributed by atoms with E-state index < -0.39 is 22.7 Å². The number of aliphatic hydroxyl groups excluding tert-OH is 1. The molecular weight excluding hydrogens is 528 g/mol. The van der Waals surface area contributed by atoms with Gasteiger partial charge >= 0.3 is 6.61 Å². The summed E-state index contributed by atoms with van der Waals surface area (Å²) in [4.78, 5) is 13.8. The first-order valence-corrected chi connectivity index (χ1v) is 14.5. The number of aromatic nitrogens is 4. The molecule has 4 heterocycles. The Labute approximate surface area is 224 Å². The van der Waals surface area contributed by atoms with Crippen LogP contribution in [0, 0.1) is 0 Å². The largest absolute Gasteiger partial charge is 0.435 e. The second-order valence-electron chi connectivity index (χ2n) is 10.0. The van der Waals surface area contributed by atoms with Gasteiger partial charge in [-0.1, -0.05) is 18.2 Å². The van der Waals surface area contributed by atoms with Crippen LogP contribution in [0.5, 0.6) is 5.75 Å². The van der Waals surface area contributed by atoms with E-state index in [4.69, 9.17) is 4.74 Å². The Morgan fingerprint density at radius 2 is 1.77 bits per heavy atom. The lowest BCUT2D eigenvalue weighted by atomic mass is 9.95. The lowest BCUT2D eigenvalue weighted by Crippen LogP contribution is -2.37. The Kier molecular flexibility index (Phi) is 6.56. The fourth-order valence-electron chi connectivity index (χ4n) is 5.68. The number of fused-ring (bicyclic) bond motifs is 3. The summed E-state index contributed by atoms with van der Waals surface area (Å²) in [5.74, 6) is 0.478. The van der Waals surface area contributed by atoms with Gasteiger partial charge in [0.15, 0.2) is 0 Å². The topological polar surface area (TPSA) is 110 Å². The molecule has 1 N–H and O–H groups in total. The van der Waals surface area contributed by atoms with Gasteiger partial charge in [0.1, 0.15) is 17.2 Å². The number of aliphatic hydroxyl groups is 1. The second kappa shape index (κ2) is 9.92. The molecule has 0 saturated carbocycles. The third-order valence-corrected chi connectivity index (χ3v) is 8.90. The summed E-state index contributed by atoms with van der Waals surface area (Å²) >= 11 is 0. The Hall–Kier alpha value is -3.48. The molecule has 9 nitrogen and oxygen atoms in total. The quantitative estimate of drug-likeness (QED) is 0.382. The molecular formula is C27H27F2N5O4S. The van der Waals surface area contributed by atoms with E-state index in [9.17, 15) is 22.3 Å². The highest BCUT2D eigenvalue weighted by molar-refractivity contribution is 7.88. The molecule has 0 bridgehead atoms. The molecule has 39 heavy (non-hydrogen) atoms. The van der Waals surface area contributed by atoms with E-state index in [1.54, 1.807) is 30.6 Å². The Balaban J connectivity index is 1.30. The maximum Gasteiger partial charge on any atom is 0.387 e. The second-order valence-corrected chi connectivity index (χ2v) is 12.0. The number of sulfonamides is 1. The van der Waals surface area contributed by atoms with Crippen molar-refractivity contribution >= 4 is 15.7 Å². The average molecular weight is 556 g/mol. The van der Waals surface area contributed by atoms with Crippen molar-refractivity contribution in [3.63, 3.8) is 0 Å². The Morgan fingerprint density at radius 3 is 2.46 bits per heavy atom. The van der Waals surface area contributed by atoms with Gasteiger partial charge in [-0.25, -0.2) is 27.7 Å². The van der Waals surface area contributed by atoms with E-state index in [-0.39, 0.29) is 17.6 Å². The summed E-state index contributed by atoms with van der Waals surface area (Å²) in [5, 5.41) is 10.8. The molecule has 2 aliphatic rings. The van der Waals surface area contributed by atoms with Gasteiger partial charge in [0.2, 0.25) is 10.0 Å². The Morgan fingerprint density at radius 1 is 1.05 bits per heavy atom. The van der Waals surface area contributed by atoms with Gasteiger partial charge in [-0.05, 0) is 37.5 Å². The number of rotatable bonds is 6. The van der Waals surface area contributed by atoms with Crippen LogP contribution in [0.4, 0.5) is 8.78 Å². The van der Waals surface area contributed by atoms with E-state index in [1.807, 2.05) is 22.7 Å². The van der Waals surface area contributed by atoms with E-state index in [2.05, 4.69) is 15.0 Å². The summed E-state index contributed by atoms with van der Waals surface area (Å²) in [5.41, 5.74) is 4.08. The molecule has 0 radical (unpaired) electrons. The molecule has 1 saturated heterocycles. The van der Waals surface area contributed by atoms with Crippen LogP contribution >= 0.6 is 0 Å². The predicted molar refractivity (Wildman–Crippen MR) is 139 cm³/mol. The van der Waals surface area contributed by atoms with Crippen LogP contribution in [0.2, 0.25) is 0 Å². The van der Waals surface area contributed by atoms with Gasteiger partial charge in [0, 0.05) is 60.2 Å². The highest BCUT2D eigenvalue weighted by Gasteiger charge is 2.37. The van der Waals surface area contributed by atoms with E-state index in [0.29, 0.717) is 55.1 Å². The summed E-state index contributed by atoms with van der Waals surface area (Å²) in [7, 11) is -3.20. The zero-order chi connectivity index (χ0) is 27.3. The predicted octanol–water partition coefficient (Wildman–Crippen LogP) is 4.10. The van der Waals surface area contributed by atoms with Crippen LogP contribution in [-0.4, -0.2) is 63.1 Å². The zero-order valence-electron chi connectivity index (χ0n) is 21.1. The third kappa shape index (κ3) is 4.88. The minimum absolute atomic E-state index is 0.0787. The number of benzene rings is 1. The number of hydrogen-bond donors (Lipinski definition) is 1. The van der Waals surface area contributed by atoms with Crippen LogP contribution < -0.4 is 4.74 Å². The number of hydrogen-bond acceptors (Lipinski definition) is 7. The standard InChI is InChI=1S/C27H27F2N5O4S/c1-39(36,37)33-10-8-16(9-11-33)26-30-13-18(14-31-26)17-6-7-23-32-24-21(35)12-20(25(24)34(23)15-17)19-4-2-3-5-22(19)38-27(28)29/h2-7,13-16,20-21,27,35H,8-12H2,1H3/t20-,21-/m1/s1. The number of para-hydroxylation sites is 1. The van der Waals surface area contributed by atoms with Crippen molar-refractivity contribution in [1.29, 1.82) is 0 Å². The summed E-state index contributed by atoms with van der Waals surface area (Å²) < 4.78 is 57.9.